The summed E-state index contributed by atoms with van der Waals surface area (Å²) in [5.74, 6) is 0.488. The molecule has 0 fully saturated rings. The summed E-state index contributed by atoms with van der Waals surface area (Å²) in [6.07, 6.45) is 3.41. The van der Waals surface area contributed by atoms with Gasteiger partial charge in [0.25, 0.3) is 0 Å². The zero-order valence-electron chi connectivity index (χ0n) is 11.7. The molecule has 0 aliphatic heterocycles. The summed E-state index contributed by atoms with van der Waals surface area (Å²) in [6, 6.07) is 5.74. The molecule has 1 atom stereocenters. The fourth-order valence-corrected chi connectivity index (χ4v) is 2.60. The molecular formula is C15H20O4S. The second-order valence-corrected chi connectivity index (χ2v) is 5.81. The molecular weight excluding hydrogens is 276 g/mol. The molecule has 1 unspecified atom stereocenters. The largest absolute Gasteiger partial charge is 0.496 e. The molecule has 0 saturated heterocycles. The van der Waals surface area contributed by atoms with Crippen LogP contribution >= 0.6 is 11.8 Å². The first-order valence-electron chi connectivity index (χ1n) is 6.37. The second-order valence-electron chi connectivity index (χ2n) is 4.38. The number of aliphatic hydroxyl groups is 1. The predicted octanol–water partition coefficient (Wildman–Crippen LogP) is 2.80. The number of methoxy groups -OCH3 is 1. The van der Waals surface area contributed by atoms with Crippen molar-refractivity contribution in [3.63, 3.8) is 0 Å². The number of benzene rings is 1. The van der Waals surface area contributed by atoms with Crippen molar-refractivity contribution in [3.8, 4) is 5.75 Å². The maximum absolute atomic E-state index is 10.6. The molecule has 0 spiro atoms. The molecule has 1 aromatic carbocycles. The van der Waals surface area contributed by atoms with Gasteiger partial charge in [0, 0.05) is 29.2 Å². The number of hydrogen-bond acceptors (Lipinski definition) is 4. The van der Waals surface area contributed by atoms with E-state index in [0.717, 1.165) is 29.4 Å². The number of carbonyl (C=O) groups is 1. The van der Waals surface area contributed by atoms with Crippen LogP contribution in [0.1, 0.15) is 24.5 Å². The first-order valence-corrected chi connectivity index (χ1v) is 7.42. The lowest BCUT2D eigenvalue weighted by atomic mass is 10.1. The Morgan fingerprint density at radius 3 is 2.85 bits per heavy atom. The second kappa shape index (κ2) is 8.66. The molecule has 0 heterocycles. The van der Waals surface area contributed by atoms with Crippen molar-refractivity contribution in [2.45, 2.75) is 24.3 Å². The Morgan fingerprint density at radius 2 is 2.25 bits per heavy atom. The highest BCUT2D eigenvalue weighted by atomic mass is 32.2. The summed E-state index contributed by atoms with van der Waals surface area (Å²) in [5.41, 5.74) is 1.86. The van der Waals surface area contributed by atoms with E-state index in [2.05, 4.69) is 6.92 Å². The van der Waals surface area contributed by atoms with Crippen LogP contribution in [0.15, 0.2) is 24.3 Å². The molecule has 110 valence electrons. The Bertz CT molecular complexity index is 471. The van der Waals surface area contributed by atoms with Crippen LogP contribution < -0.4 is 4.74 Å². The average Bonchev–Trinajstić information content (AvgIpc) is 2.43. The van der Waals surface area contributed by atoms with Crippen molar-refractivity contribution in [1.29, 1.82) is 0 Å². The number of aliphatic carboxylic acids is 1. The molecule has 0 amide bonds. The molecule has 4 nitrogen and oxygen atoms in total. The number of thioether (sulfide) groups is 1. The smallest absolute Gasteiger partial charge is 0.328 e. The first kappa shape index (κ1) is 16.6. The van der Waals surface area contributed by atoms with Crippen LogP contribution in [-0.2, 0) is 10.5 Å². The minimum absolute atomic E-state index is 0.198. The maximum Gasteiger partial charge on any atom is 0.328 e. The SMILES string of the molecule is COc1ccc(CSC(C)CCO)cc1C=CC(=O)O. The first-order chi connectivity index (χ1) is 9.56. The van der Waals surface area contributed by atoms with Crippen molar-refractivity contribution in [1.82, 2.24) is 0 Å². The van der Waals surface area contributed by atoms with Crippen molar-refractivity contribution < 1.29 is 19.7 Å². The van der Waals surface area contributed by atoms with E-state index in [0.29, 0.717) is 11.0 Å². The summed E-state index contributed by atoms with van der Waals surface area (Å²) in [7, 11) is 1.56. The van der Waals surface area contributed by atoms with E-state index in [9.17, 15) is 4.79 Å². The van der Waals surface area contributed by atoms with Crippen LogP contribution in [0.25, 0.3) is 6.08 Å². The van der Waals surface area contributed by atoms with Crippen LogP contribution in [-0.4, -0.2) is 35.1 Å². The van der Waals surface area contributed by atoms with Crippen LogP contribution in [0, 0.1) is 0 Å². The van der Waals surface area contributed by atoms with Gasteiger partial charge in [-0.15, -0.1) is 0 Å². The third-order valence-corrected chi connectivity index (χ3v) is 4.07. The monoisotopic (exact) mass is 296 g/mol. The molecule has 20 heavy (non-hydrogen) atoms. The molecule has 1 aromatic rings. The van der Waals surface area contributed by atoms with E-state index < -0.39 is 5.97 Å². The van der Waals surface area contributed by atoms with Gasteiger partial charge in [0.2, 0.25) is 0 Å². The van der Waals surface area contributed by atoms with Crippen LogP contribution in [0.4, 0.5) is 0 Å². The summed E-state index contributed by atoms with van der Waals surface area (Å²) >= 11 is 1.76. The van der Waals surface area contributed by atoms with Gasteiger partial charge in [-0.3, -0.25) is 0 Å². The highest BCUT2D eigenvalue weighted by Crippen LogP contribution is 2.25. The Labute approximate surface area is 123 Å². The van der Waals surface area contributed by atoms with Gasteiger partial charge in [0.1, 0.15) is 5.75 Å². The van der Waals surface area contributed by atoms with Crippen molar-refractivity contribution in [3.05, 3.63) is 35.4 Å². The highest BCUT2D eigenvalue weighted by molar-refractivity contribution is 7.99. The Morgan fingerprint density at radius 1 is 1.50 bits per heavy atom. The van der Waals surface area contributed by atoms with Crippen LogP contribution in [0.3, 0.4) is 0 Å². The summed E-state index contributed by atoms with van der Waals surface area (Å²) < 4.78 is 5.21. The number of carboxylic acids is 1. The number of rotatable bonds is 8. The summed E-state index contributed by atoms with van der Waals surface area (Å²) in [5, 5.41) is 18.0. The van der Waals surface area contributed by atoms with Gasteiger partial charge in [-0.05, 0) is 30.2 Å². The quantitative estimate of drug-likeness (QED) is 0.722. The minimum Gasteiger partial charge on any atom is -0.496 e. The van der Waals surface area contributed by atoms with Crippen molar-refractivity contribution in [2.75, 3.05) is 13.7 Å². The van der Waals surface area contributed by atoms with Crippen LogP contribution in [0.5, 0.6) is 5.75 Å². The van der Waals surface area contributed by atoms with E-state index in [1.165, 1.54) is 6.08 Å². The topological polar surface area (TPSA) is 66.8 Å². The minimum atomic E-state index is -0.983. The van der Waals surface area contributed by atoms with Crippen molar-refractivity contribution >= 4 is 23.8 Å². The van der Waals surface area contributed by atoms with Gasteiger partial charge in [-0.2, -0.15) is 11.8 Å². The lowest BCUT2D eigenvalue weighted by molar-refractivity contribution is -0.131. The Kier molecular flexibility index (Phi) is 7.18. The highest BCUT2D eigenvalue weighted by Gasteiger charge is 2.06. The lowest BCUT2D eigenvalue weighted by Gasteiger charge is -2.11. The summed E-state index contributed by atoms with van der Waals surface area (Å²) in [4.78, 5) is 10.6. The van der Waals surface area contributed by atoms with Gasteiger partial charge >= 0.3 is 5.97 Å². The zero-order valence-corrected chi connectivity index (χ0v) is 12.5. The molecule has 2 N–H and O–H groups in total. The third-order valence-electron chi connectivity index (χ3n) is 2.77. The molecule has 0 bridgehead atoms. The number of hydrogen-bond donors (Lipinski definition) is 2. The molecule has 5 heteroatoms. The number of carboxylic acid groups (broad SMARTS) is 1. The van der Waals surface area contributed by atoms with Crippen molar-refractivity contribution in [2.24, 2.45) is 0 Å². The van der Waals surface area contributed by atoms with Gasteiger partial charge in [-0.25, -0.2) is 4.79 Å². The average molecular weight is 296 g/mol. The molecule has 1 rings (SSSR count). The lowest BCUT2D eigenvalue weighted by Crippen LogP contribution is -2.00. The summed E-state index contributed by atoms with van der Waals surface area (Å²) in [6.45, 7) is 2.28. The fraction of sp³-hybridized carbons (Fsp3) is 0.400. The number of ether oxygens (including phenoxy) is 1. The maximum atomic E-state index is 10.6. The van der Waals surface area contributed by atoms with Gasteiger partial charge in [0.15, 0.2) is 0 Å². The van der Waals surface area contributed by atoms with E-state index >= 15 is 0 Å². The normalized spacial score (nSPS) is 12.6. The van der Waals surface area contributed by atoms with Gasteiger partial charge in [0.05, 0.1) is 7.11 Å². The zero-order chi connectivity index (χ0) is 15.0. The van der Waals surface area contributed by atoms with Gasteiger partial charge in [-0.1, -0.05) is 13.0 Å². The third kappa shape index (κ3) is 5.67. The molecule has 0 saturated carbocycles. The van der Waals surface area contributed by atoms with E-state index in [-0.39, 0.29) is 6.61 Å². The Balaban J connectivity index is 2.78. The molecule has 0 aromatic heterocycles. The fourth-order valence-electron chi connectivity index (χ4n) is 1.67. The number of aliphatic hydroxyl groups excluding tert-OH is 1. The Hall–Kier alpha value is -1.46. The van der Waals surface area contributed by atoms with E-state index in [1.54, 1.807) is 18.9 Å². The molecule has 0 aliphatic carbocycles. The molecule has 0 aliphatic rings. The van der Waals surface area contributed by atoms with E-state index in [4.69, 9.17) is 14.9 Å². The predicted molar refractivity (Wildman–Crippen MR) is 82.1 cm³/mol. The van der Waals surface area contributed by atoms with Gasteiger partial charge < -0.3 is 14.9 Å². The standard InChI is InChI=1S/C15H20O4S/c1-11(7-8-16)20-10-12-3-5-14(19-2)13(9-12)4-6-15(17)18/h3-6,9,11,16H,7-8,10H2,1-2H3,(H,17,18). The molecule has 0 radical (unpaired) electrons. The van der Waals surface area contributed by atoms with E-state index in [1.807, 2.05) is 18.2 Å². The van der Waals surface area contributed by atoms with Crippen LogP contribution in [0.2, 0.25) is 0 Å².